The number of hydrogen-bond donors (Lipinski definition) is 1. The van der Waals surface area contributed by atoms with Gasteiger partial charge in [-0.1, -0.05) is 19.9 Å². The molecule has 0 fully saturated rings. The first-order chi connectivity index (χ1) is 14.2. The highest BCUT2D eigenvalue weighted by atomic mass is 19.4. The molecule has 0 amide bonds. The molecule has 11 heteroatoms. The first-order valence-electron chi connectivity index (χ1n) is 9.21. The van der Waals surface area contributed by atoms with Gasteiger partial charge in [0, 0.05) is 36.5 Å². The van der Waals surface area contributed by atoms with Gasteiger partial charge in [0.1, 0.15) is 0 Å². The van der Waals surface area contributed by atoms with Crippen LogP contribution in [0.4, 0.5) is 32.0 Å². The van der Waals surface area contributed by atoms with Crippen molar-refractivity contribution >= 4 is 17.4 Å². The Morgan fingerprint density at radius 2 is 1.77 bits per heavy atom. The molecule has 172 valence electrons. The third kappa shape index (κ3) is 4.41. The number of aliphatic imine (C=N–C) groups is 1. The Morgan fingerprint density at radius 3 is 2.23 bits per heavy atom. The highest BCUT2D eigenvalue weighted by Gasteiger charge is 2.73. The number of methoxy groups -OCH3 is 1. The molecule has 31 heavy (non-hydrogen) atoms. The van der Waals surface area contributed by atoms with Crippen LogP contribution in [0.1, 0.15) is 31.9 Å². The first kappa shape index (κ1) is 24.7. The van der Waals surface area contributed by atoms with Crippen molar-refractivity contribution in [2.75, 3.05) is 12.0 Å². The molecular weight excluding hydrogens is 430 g/mol. The zero-order valence-electron chi connectivity index (χ0n) is 17.2. The van der Waals surface area contributed by atoms with Crippen molar-refractivity contribution < 1.29 is 41.0 Å². The van der Waals surface area contributed by atoms with Gasteiger partial charge in [-0.2, -0.15) is 26.3 Å². The number of carbonyl (C=O) groups is 1. The number of ether oxygens (including phenoxy) is 1. The van der Waals surface area contributed by atoms with E-state index in [-0.39, 0.29) is 29.3 Å². The normalized spacial score (nSPS) is 17.8. The van der Waals surface area contributed by atoms with Gasteiger partial charge in [0.25, 0.3) is 5.60 Å². The lowest BCUT2D eigenvalue weighted by Crippen LogP contribution is -2.56. The van der Waals surface area contributed by atoms with Crippen molar-refractivity contribution in [2.24, 2.45) is 10.9 Å². The number of nitrogens with zero attached hydrogens (tertiary/aromatic N) is 2. The predicted octanol–water partition coefficient (Wildman–Crippen LogP) is 5.06. The second-order valence-electron chi connectivity index (χ2n) is 7.54. The second kappa shape index (κ2) is 8.52. The molecule has 0 aliphatic carbocycles. The van der Waals surface area contributed by atoms with Gasteiger partial charge >= 0.3 is 18.3 Å². The maximum absolute atomic E-state index is 13.8. The fourth-order valence-corrected chi connectivity index (χ4v) is 3.61. The minimum Gasteiger partial charge on any atom is -0.479 e. The van der Waals surface area contributed by atoms with Crippen LogP contribution >= 0.6 is 0 Å². The maximum Gasteiger partial charge on any atom is 0.430 e. The Kier molecular flexibility index (Phi) is 6.79. The molecule has 2 rings (SSSR count). The third-order valence-electron chi connectivity index (χ3n) is 4.91. The van der Waals surface area contributed by atoms with E-state index in [1.165, 1.54) is 24.2 Å². The van der Waals surface area contributed by atoms with Crippen LogP contribution in [0.2, 0.25) is 0 Å². The van der Waals surface area contributed by atoms with Crippen LogP contribution in [0, 0.1) is 5.92 Å². The molecule has 0 saturated heterocycles. The summed E-state index contributed by atoms with van der Waals surface area (Å²) in [5.74, 6) is -1.56. The average molecular weight is 452 g/mol. The SMILES string of the molecule is COC(c1ccc(N2C=CN=C(C)C2C(=O)O)cc1CC(C)C)(C(F)(F)F)C(F)(F)F. The average Bonchev–Trinajstić information content (AvgIpc) is 2.60. The van der Waals surface area contributed by atoms with E-state index >= 15 is 0 Å². The number of rotatable bonds is 6. The van der Waals surface area contributed by atoms with E-state index in [0.29, 0.717) is 13.2 Å². The summed E-state index contributed by atoms with van der Waals surface area (Å²) in [7, 11) is 0.363. The number of carboxylic acids is 1. The van der Waals surface area contributed by atoms with Gasteiger partial charge < -0.3 is 14.7 Å². The Hall–Kier alpha value is -2.56. The Morgan fingerprint density at radius 1 is 1.19 bits per heavy atom. The third-order valence-corrected chi connectivity index (χ3v) is 4.91. The zero-order chi connectivity index (χ0) is 23.8. The van der Waals surface area contributed by atoms with Gasteiger partial charge in [-0.25, -0.2) is 4.79 Å². The molecule has 0 saturated carbocycles. The van der Waals surface area contributed by atoms with E-state index in [1.807, 2.05) is 0 Å². The standard InChI is InChI=1S/C20H22F6N2O3/c1-11(2)9-13-10-14(28-8-7-27-12(3)16(28)17(29)30)5-6-15(13)18(31-4,19(21,22)23)20(24,25)26/h5-8,10-11,16H,9H2,1-4H3,(H,29,30). The van der Waals surface area contributed by atoms with Crippen LogP contribution in [0.15, 0.2) is 35.6 Å². The summed E-state index contributed by atoms with van der Waals surface area (Å²) in [5.41, 5.74) is -5.52. The minimum atomic E-state index is -5.79. The number of alkyl halides is 6. The first-order valence-corrected chi connectivity index (χ1v) is 9.21. The molecule has 0 aromatic heterocycles. The highest BCUT2D eigenvalue weighted by Crippen LogP contribution is 2.54. The summed E-state index contributed by atoms with van der Waals surface area (Å²) in [4.78, 5) is 16.8. The number of carboxylic acid groups (broad SMARTS) is 1. The van der Waals surface area contributed by atoms with Crippen LogP contribution < -0.4 is 4.90 Å². The molecule has 0 radical (unpaired) electrons. The molecule has 1 aromatic rings. The Bertz CT molecular complexity index is 876. The molecular formula is C20H22F6N2O3. The lowest BCUT2D eigenvalue weighted by Gasteiger charge is -2.38. The molecule has 1 aliphatic rings. The fourth-order valence-electron chi connectivity index (χ4n) is 3.61. The molecule has 0 bridgehead atoms. The zero-order valence-corrected chi connectivity index (χ0v) is 17.2. The van der Waals surface area contributed by atoms with Gasteiger partial charge in [-0.15, -0.1) is 0 Å². The number of hydrogen-bond acceptors (Lipinski definition) is 4. The van der Waals surface area contributed by atoms with E-state index in [0.717, 1.165) is 12.1 Å². The molecule has 1 heterocycles. The Labute approximate surface area is 175 Å². The van der Waals surface area contributed by atoms with Crippen LogP contribution in [-0.4, -0.2) is 42.3 Å². The number of benzene rings is 1. The summed E-state index contributed by atoms with van der Waals surface area (Å²) in [5, 5.41) is 9.52. The largest absolute Gasteiger partial charge is 0.479 e. The van der Waals surface area contributed by atoms with Crippen molar-refractivity contribution in [3.8, 4) is 0 Å². The van der Waals surface area contributed by atoms with Crippen LogP contribution in [0.5, 0.6) is 0 Å². The summed E-state index contributed by atoms with van der Waals surface area (Å²) < 4.78 is 86.9. The van der Waals surface area contributed by atoms with Gasteiger partial charge in [-0.3, -0.25) is 4.99 Å². The monoisotopic (exact) mass is 452 g/mol. The smallest absolute Gasteiger partial charge is 0.430 e. The fraction of sp³-hybridized carbons (Fsp3) is 0.500. The van der Waals surface area contributed by atoms with Crippen molar-refractivity contribution in [1.82, 2.24) is 0 Å². The molecule has 1 aromatic carbocycles. The van der Waals surface area contributed by atoms with Gasteiger partial charge in [0.2, 0.25) is 0 Å². The lowest BCUT2D eigenvalue weighted by atomic mass is 9.84. The Balaban J connectivity index is 2.76. The summed E-state index contributed by atoms with van der Waals surface area (Å²) in [6.45, 7) is 4.75. The molecule has 1 unspecified atom stereocenters. The number of anilines is 1. The van der Waals surface area contributed by atoms with Crippen molar-refractivity contribution in [1.29, 1.82) is 0 Å². The van der Waals surface area contributed by atoms with Crippen molar-refractivity contribution in [3.63, 3.8) is 0 Å². The van der Waals surface area contributed by atoms with E-state index in [9.17, 15) is 36.2 Å². The number of aliphatic carboxylic acids is 1. The van der Waals surface area contributed by atoms with E-state index in [4.69, 9.17) is 0 Å². The summed E-state index contributed by atoms with van der Waals surface area (Å²) >= 11 is 0. The molecule has 1 N–H and O–H groups in total. The summed E-state index contributed by atoms with van der Waals surface area (Å²) in [6.07, 6.45) is -9.09. The van der Waals surface area contributed by atoms with Crippen molar-refractivity contribution in [3.05, 3.63) is 41.7 Å². The van der Waals surface area contributed by atoms with Gasteiger partial charge in [-0.05, 0) is 37.0 Å². The van der Waals surface area contributed by atoms with E-state index < -0.39 is 35.5 Å². The second-order valence-corrected chi connectivity index (χ2v) is 7.54. The van der Waals surface area contributed by atoms with Crippen LogP contribution in [0.25, 0.3) is 0 Å². The lowest BCUT2D eigenvalue weighted by molar-refractivity contribution is -0.383. The van der Waals surface area contributed by atoms with Crippen molar-refractivity contribution in [2.45, 2.75) is 51.2 Å². The molecule has 1 atom stereocenters. The van der Waals surface area contributed by atoms with Crippen LogP contribution in [0.3, 0.4) is 0 Å². The van der Waals surface area contributed by atoms with E-state index in [1.54, 1.807) is 13.8 Å². The number of halogens is 6. The van der Waals surface area contributed by atoms with Gasteiger partial charge in [0.05, 0.1) is 0 Å². The highest BCUT2D eigenvalue weighted by molar-refractivity contribution is 6.08. The molecule has 0 spiro atoms. The van der Waals surface area contributed by atoms with E-state index in [2.05, 4.69) is 9.73 Å². The quantitative estimate of drug-likeness (QED) is 0.614. The maximum atomic E-state index is 13.8. The molecule has 5 nitrogen and oxygen atoms in total. The predicted molar refractivity (Wildman–Crippen MR) is 102 cm³/mol. The summed E-state index contributed by atoms with van der Waals surface area (Å²) in [6, 6.07) is 1.61. The minimum absolute atomic E-state index is 0.117. The molecule has 1 aliphatic heterocycles. The van der Waals surface area contributed by atoms with Crippen LogP contribution in [-0.2, 0) is 21.6 Å². The van der Waals surface area contributed by atoms with Gasteiger partial charge in [0.15, 0.2) is 6.04 Å². The topological polar surface area (TPSA) is 62.1 Å².